The van der Waals surface area contributed by atoms with Crippen LogP contribution in [0.25, 0.3) is 0 Å². The predicted molar refractivity (Wildman–Crippen MR) is 101 cm³/mol. The van der Waals surface area contributed by atoms with Crippen LogP contribution in [0, 0.1) is 5.92 Å². The summed E-state index contributed by atoms with van der Waals surface area (Å²) in [6.07, 6.45) is 6.70. The highest BCUT2D eigenvalue weighted by atomic mass is 16.5. The molecule has 2 rings (SSSR count). The van der Waals surface area contributed by atoms with E-state index in [1.807, 2.05) is 24.3 Å². The highest BCUT2D eigenvalue weighted by Gasteiger charge is 2.23. The van der Waals surface area contributed by atoms with E-state index >= 15 is 0 Å². The van der Waals surface area contributed by atoms with Crippen molar-refractivity contribution in [2.24, 2.45) is 5.92 Å². The Labute approximate surface area is 152 Å². The molecular formula is C21H33NO3. The number of amides is 1. The number of ether oxygens (including phenoxy) is 2. The lowest BCUT2D eigenvalue weighted by Gasteiger charge is -2.23. The summed E-state index contributed by atoms with van der Waals surface area (Å²) in [4.78, 5) is 11.9. The van der Waals surface area contributed by atoms with Gasteiger partial charge in [-0.15, -0.1) is 0 Å². The SMILES string of the molecule is COC(C)(C)CCCC(C)CCOc1ccc(C(=O)NC2CC2)cc1. The van der Waals surface area contributed by atoms with Crippen LogP contribution in [0.15, 0.2) is 24.3 Å². The maximum absolute atomic E-state index is 11.9. The van der Waals surface area contributed by atoms with Crippen molar-refractivity contribution >= 4 is 5.91 Å². The van der Waals surface area contributed by atoms with Crippen LogP contribution in [0.5, 0.6) is 5.75 Å². The van der Waals surface area contributed by atoms with Crippen LogP contribution in [-0.4, -0.2) is 31.3 Å². The molecule has 1 unspecified atom stereocenters. The first-order chi connectivity index (χ1) is 11.9. The van der Waals surface area contributed by atoms with Gasteiger partial charge in [-0.25, -0.2) is 0 Å². The number of carbonyl (C=O) groups excluding carboxylic acids is 1. The summed E-state index contributed by atoms with van der Waals surface area (Å²) in [5.41, 5.74) is 0.678. The molecule has 0 radical (unpaired) electrons. The van der Waals surface area contributed by atoms with Gasteiger partial charge in [-0.2, -0.15) is 0 Å². The zero-order chi connectivity index (χ0) is 18.3. The van der Waals surface area contributed by atoms with Crippen molar-refractivity contribution < 1.29 is 14.3 Å². The second-order valence-corrected chi connectivity index (χ2v) is 7.87. The Hall–Kier alpha value is -1.55. The monoisotopic (exact) mass is 347 g/mol. The van der Waals surface area contributed by atoms with E-state index in [2.05, 4.69) is 26.1 Å². The van der Waals surface area contributed by atoms with Gasteiger partial charge in [-0.1, -0.05) is 19.8 Å². The smallest absolute Gasteiger partial charge is 0.251 e. The van der Waals surface area contributed by atoms with Gasteiger partial charge in [-0.05, 0) is 69.7 Å². The molecule has 1 saturated carbocycles. The van der Waals surface area contributed by atoms with Gasteiger partial charge in [-0.3, -0.25) is 4.79 Å². The van der Waals surface area contributed by atoms with Gasteiger partial charge in [0.2, 0.25) is 0 Å². The fraction of sp³-hybridized carbons (Fsp3) is 0.667. The first kappa shape index (κ1) is 19.8. The summed E-state index contributed by atoms with van der Waals surface area (Å²) in [5, 5.41) is 2.99. The first-order valence-corrected chi connectivity index (χ1v) is 9.48. The third-order valence-corrected chi connectivity index (χ3v) is 4.94. The van der Waals surface area contributed by atoms with E-state index in [1.54, 1.807) is 7.11 Å². The minimum Gasteiger partial charge on any atom is -0.494 e. The normalized spacial score (nSPS) is 15.7. The third kappa shape index (κ3) is 7.47. The Balaban J connectivity index is 1.63. The maximum atomic E-state index is 11.9. The topological polar surface area (TPSA) is 47.6 Å². The quantitative estimate of drug-likeness (QED) is 0.637. The number of carbonyl (C=O) groups is 1. The third-order valence-electron chi connectivity index (χ3n) is 4.94. The summed E-state index contributed by atoms with van der Waals surface area (Å²) in [6.45, 7) is 7.25. The predicted octanol–water partition coefficient (Wildman–Crippen LogP) is 4.58. The van der Waals surface area contributed by atoms with Crippen molar-refractivity contribution in [3.63, 3.8) is 0 Å². The van der Waals surface area contributed by atoms with E-state index in [0.29, 0.717) is 24.1 Å². The zero-order valence-corrected chi connectivity index (χ0v) is 16.1. The lowest BCUT2D eigenvalue weighted by atomic mass is 9.95. The Kier molecular flexibility index (Phi) is 7.30. The minimum absolute atomic E-state index is 0.0154. The molecule has 0 saturated heterocycles. The summed E-state index contributed by atoms with van der Waals surface area (Å²) in [6, 6.07) is 7.83. The molecule has 4 heteroatoms. The van der Waals surface area contributed by atoms with E-state index in [9.17, 15) is 4.79 Å². The second-order valence-electron chi connectivity index (χ2n) is 7.87. The molecule has 1 aromatic carbocycles. The van der Waals surface area contributed by atoms with E-state index < -0.39 is 0 Å². The van der Waals surface area contributed by atoms with Gasteiger partial charge in [0.1, 0.15) is 5.75 Å². The molecule has 0 aliphatic heterocycles. The molecule has 1 aliphatic rings. The molecule has 25 heavy (non-hydrogen) atoms. The molecule has 1 aliphatic carbocycles. The molecule has 140 valence electrons. The van der Waals surface area contributed by atoms with Crippen LogP contribution in [0.3, 0.4) is 0 Å². The molecule has 1 aromatic rings. The van der Waals surface area contributed by atoms with Crippen LogP contribution in [0.2, 0.25) is 0 Å². The van der Waals surface area contributed by atoms with Crippen molar-refractivity contribution in [1.29, 1.82) is 0 Å². The van der Waals surface area contributed by atoms with Crippen molar-refractivity contribution in [1.82, 2.24) is 5.32 Å². The summed E-state index contributed by atoms with van der Waals surface area (Å²) in [5.74, 6) is 1.48. The fourth-order valence-corrected chi connectivity index (χ4v) is 2.70. The highest BCUT2D eigenvalue weighted by Crippen LogP contribution is 2.22. The van der Waals surface area contributed by atoms with Crippen LogP contribution in [0.4, 0.5) is 0 Å². The van der Waals surface area contributed by atoms with E-state index in [-0.39, 0.29) is 11.5 Å². The van der Waals surface area contributed by atoms with E-state index in [1.165, 1.54) is 12.8 Å². The lowest BCUT2D eigenvalue weighted by Crippen LogP contribution is -2.25. The van der Waals surface area contributed by atoms with Crippen molar-refractivity contribution in [3.8, 4) is 5.75 Å². The van der Waals surface area contributed by atoms with Gasteiger partial charge in [0, 0.05) is 18.7 Å². The standard InChI is InChI=1S/C21H33NO3/c1-16(6-5-14-21(2,3)24-4)13-15-25-19-11-7-17(8-12-19)20(23)22-18-9-10-18/h7-8,11-12,16,18H,5-6,9-10,13-15H2,1-4H3,(H,22,23). The Morgan fingerprint density at radius 3 is 2.52 bits per heavy atom. The van der Waals surface area contributed by atoms with Crippen molar-refractivity contribution in [3.05, 3.63) is 29.8 Å². The average molecular weight is 347 g/mol. The first-order valence-electron chi connectivity index (χ1n) is 9.48. The van der Waals surface area contributed by atoms with Crippen molar-refractivity contribution in [2.75, 3.05) is 13.7 Å². The second kappa shape index (κ2) is 9.23. The van der Waals surface area contributed by atoms with Gasteiger partial charge in [0.05, 0.1) is 12.2 Å². The Morgan fingerprint density at radius 1 is 1.24 bits per heavy atom. The molecule has 1 fully saturated rings. The zero-order valence-electron chi connectivity index (χ0n) is 16.1. The molecule has 0 heterocycles. The number of benzene rings is 1. The van der Waals surface area contributed by atoms with Crippen LogP contribution >= 0.6 is 0 Å². The van der Waals surface area contributed by atoms with Gasteiger partial charge in [0.25, 0.3) is 5.91 Å². The number of hydrogen-bond donors (Lipinski definition) is 1. The number of methoxy groups -OCH3 is 1. The summed E-state index contributed by atoms with van der Waals surface area (Å²) in [7, 11) is 1.78. The van der Waals surface area contributed by atoms with Crippen LogP contribution in [-0.2, 0) is 4.74 Å². The summed E-state index contributed by atoms with van der Waals surface area (Å²) < 4.78 is 11.3. The van der Waals surface area contributed by atoms with Crippen molar-refractivity contribution in [2.45, 2.75) is 70.9 Å². The van der Waals surface area contributed by atoms with Gasteiger partial charge in [0.15, 0.2) is 0 Å². The molecule has 1 atom stereocenters. The van der Waals surface area contributed by atoms with Crippen LogP contribution < -0.4 is 10.1 Å². The Morgan fingerprint density at radius 2 is 1.92 bits per heavy atom. The molecule has 0 aromatic heterocycles. The highest BCUT2D eigenvalue weighted by molar-refractivity contribution is 5.94. The van der Waals surface area contributed by atoms with Gasteiger partial charge < -0.3 is 14.8 Å². The molecule has 1 amide bonds. The number of hydrogen-bond acceptors (Lipinski definition) is 3. The molecule has 0 bridgehead atoms. The number of nitrogens with one attached hydrogen (secondary N) is 1. The fourth-order valence-electron chi connectivity index (χ4n) is 2.70. The minimum atomic E-state index is -0.0240. The molecule has 1 N–H and O–H groups in total. The molecular weight excluding hydrogens is 314 g/mol. The average Bonchev–Trinajstić information content (AvgIpc) is 3.39. The largest absolute Gasteiger partial charge is 0.494 e. The summed E-state index contributed by atoms with van der Waals surface area (Å²) >= 11 is 0. The molecule has 4 nitrogen and oxygen atoms in total. The molecule has 0 spiro atoms. The van der Waals surface area contributed by atoms with E-state index in [4.69, 9.17) is 9.47 Å². The van der Waals surface area contributed by atoms with E-state index in [0.717, 1.165) is 31.4 Å². The maximum Gasteiger partial charge on any atom is 0.251 e. The Bertz CT molecular complexity index is 535. The van der Waals surface area contributed by atoms with Gasteiger partial charge >= 0.3 is 0 Å². The van der Waals surface area contributed by atoms with Crippen LogP contribution in [0.1, 0.15) is 69.7 Å². The number of rotatable bonds is 11. The lowest BCUT2D eigenvalue weighted by molar-refractivity contribution is 0.0126.